The van der Waals surface area contributed by atoms with Gasteiger partial charge < -0.3 is 0 Å². The molecule has 2 rings (SSSR count). The molecule has 70 valence electrons. The van der Waals surface area contributed by atoms with Crippen LogP contribution in [-0.2, 0) is 0 Å². The molecule has 0 amide bonds. The van der Waals surface area contributed by atoms with Crippen LogP contribution < -0.4 is 0 Å². The van der Waals surface area contributed by atoms with E-state index >= 15 is 0 Å². The second-order valence-electron chi connectivity index (χ2n) is 3.38. The van der Waals surface area contributed by atoms with Crippen molar-refractivity contribution in [2.75, 3.05) is 0 Å². The molecule has 0 fully saturated rings. The van der Waals surface area contributed by atoms with Crippen LogP contribution in [0.3, 0.4) is 0 Å². The lowest BCUT2D eigenvalue weighted by Crippen LogP contribution is -1.88. The van der Waals surface area contributed by atoms with E-state index in [1.165, 1.54) is 16.7 Å². The van der Waals surface area contributed by atoms with Gasteiger partial charge in [0.2, 0.25) is 0 Å². The van der Waals surface area contributed by atoms with Crippen LogP contribution in [0.4, 0.5) is 0 Å². The highest BCUT2D eigenvalue weighted by molar-refractivity contribution is 5.65. The molecule has 0 spiro atoms. The predicted octanol–water partition coefficient (Wildman–Crippen LogP) is 2.76. The molecule has 2 aromatic heterocycles. The van der Waals surface area contributed by atoms with Gasteiger partial charge in [0, 0.05) is 29.8 Å². The van der Waals surface area contributed by atoms with E-state index in [2.05, 4.69) is 23.0 Å². The van der Waals surface area contributed by atoms with Gasteiger partial charge in [-0.25, -0.2) is 0 Å². The van der Waals surface area contributed by atoms with Gasteiger partial charge in [-0.3, -0.25) is 9.97 Å². The first kappa shape index (κ1) is 8.88. The molecule has 0 bridgehead atoms. The Morgan fingerprint density at radius 3 is 2.50 bits per heavy atom. The van der Waals surface area contributed by atoms with Crippen LogP contribution in [0.25, 0.3) is 11.1 Å². The molecule has 0 aromatic carbocycles. The SMILES string of the molecule is Cc1cnc(C)c(-c2ccncc2)c1. The van der Waals surface area contributed by atoms with Crippen LogP contribution in [0.5, 0.6) is 0 Å². The maximum Gasteiger partial charge on any atom is 0.0451 e. The van der Waals surface area contributed by atoms with E-state index in [1.807, 2.05) is 25.3 Å². The molecule has 0 N–H and O–H groups in total. The summed E-state index contributed by atoms with van der Waals surface area (Å²) in [6, 6.07) is 6.16. The van der Waals surface area contributed by atoms with Gasteiger partial charge in [0.25, 0.3) is 0 Å². The first-order valence-electron chi connectivity index (χ1n) is 4.61. The highest BCUT2D eigenvalue weighted by Crippen LogP contribution is 2.21. The highest BCUT2D eigenvalue weighted by Gasteiger charge is 2.01. The molecule has 2 heteroatoms. The Morgan fingerprint density at radius 2 is 1.79 bits per heavy atom. The number of aryl methyl sites for hydroxylation is 2. The molecule has 0 atom stereocenters. The molecular formula is C12H12N2. The first-order chi connectivity index (χ1) is 6.77. The Hall–Kier alpha value is -1.70. The van der Waals surface area contributed by atoms with Gasteiger partial charge >= 0.3 is 0 Å². The zero-order valence-corrected chi connectivity index (χ0v) is 8.36. The number of aromatic nitrogens is 2. The fraction of sp³-hybridized carbons (Fsp3) is 0.167. The number of nitrogens with zero attached hydrogens (tertiary/aromatic N) is 2. The largest absolute Gasteiger partial charge is 0.265 e. The molecule has 0 radical (unpaired) electrons. The summed E-state index contributed by atoms with van der Waals surface area (Å²) in [5.74, 6) is 0. The van der Waals surface area contributed by atoms with E-state index in [1.54, 1.807) is 12.4 Å². The molecule has 0 aliphatic carbocycles. The minimum atomic E-state index is 1.06. The summed E-state index contributed by atoms with van der Waals surface area (Å²) in [4.78, 5) is 8.34. The van der Waals surface area contributed by atoms with Crippen LogP contribution >= 0.6 is 0 Å². The van der Waals surface area contributed by atoms with Crippen molar-refractivity contribution in [1.29, 1.82) is 0 Å². The van der Waals surface area contributed by atoms with Crippen molar-refractivity contribution in [3.8, 4) is 11.1 Å². The van der Waals surface area contributed by atoms with Gasteiger partial charge in [-0.1, -0.05) is 0 Å². The predicted molar refractivity (Wildman–Crippen MR) is 56.9 cm³/mol. The summed E-state index contributed by atoms with van der Waals surface area (Å²) in [6.45, 7) is 4.08. The first-order valence-corrected chi connectivity index (χ1v) is 4.61. The molecule has 0 saturated heterocycles. The van der Waals surface area contributed by atoms with E-state index in [4.69, 9.17) is 0 Å². The number of hydrogen-bond donors (Lipinski definition) is 0. The van der Waals surface area contributed by atoms with E-state index in [0.717, 1.165) is 5.69 Å². The smallest absolute Gasteiger partial charge is 0.0451 e. The van der Waals surface area contributed by atoms with Crippen molar-refractivity contribution < 1.29 is 0 Å². The standard InChI is InChI=1S/C12H12N2/c1-9-7-12(10(2)14-8-9)11-3-5-13-6-4-11/h3-8H,1-2H3. The second-order valence-corrected chi connectivity index (χ2v) is 3.38. The highest BCUT2D eigenvalue weighted by atomic mass is 14.7. The van der Waals surface area contributed by atoms with Crippen molar-refractivity contribution in [2.45, 2.75) is 13.8 Å². The monoisotopic (exact) mass is 184 g/mol. The third-order valence-electron chi connectivity index (χ3n) is 2.21. The normalized spacial score (nSPS) is 10.1. The Balaban J connectivity index is 2.57. The van der Waals surface area contributed by atoms with Gasteiger partial charge in [-0.15, -0.1) is 0 Å². The van der Waals surface area contributed by atoms with Gasteiger partial charge in [0.05, 0.1) is 0 Å². The van der Waals surface area contributed by atoms with Crippen LogP contribution in [0.2, 0.25) is 0 Å². The van der Waals surface area contributed by atoms with E-state index in [-0.39, 0.29) is 0 Å². The Bertz CT molecular complexity index is 435. The summed E-state index contributed by atoms with van der Waals surface area (Å²) < 4.78 is 0. The zero-order valence-electron chi connectivity index (χ0n) is 8.36. The fourth-order valence-electron chi connectivity index (χ4n) is 1.46. The summed E-state index contributed by atoms with van der Waals surface area (Å²) >= 11 is 0. The summed E-state index contributed by atoms with van der Waals surface area (Å²) in [5, 5.41) is 0. The molecule has 2 aromatic rings. The van der Waals surface area contributed by atoms with Gasteiger partial charge in [-0.05, 0) is 43.2 Å². The Kier molecular flexibility index (Phi) is 2.27. The van der Waals surface area contributed by atoms with Crippen molar-refractivity contribution in [1.82, 2.24) is 9.97 Å². The molecule has 2 heterocycles. The minimum absolute atomic E-state index is 1.06. The lowest BCUT2D eigenvalue weighted by molar-refractivity contribution is 1.17. The summed E-state index contributed by atoms with van der Waals surface area (Å²) in [5.41, 5.74) is 4.60. The Morgan fingerprint density at radius 1 is 1.07 bits per heavy atom. The van der Waals surface area contributed by atoms with E-state index in [9.17, 15) is 0 Å². The molecular weight excluding hydrogens is 172 g/mol. The van der Waals surface area contributed by atoms with Crippen molar-refractivity contribution >= 4 is 0 Å². The van der Waals surface area contributed by atoms with Crippen LogP contribution in [-0.4, -0.2) is 9.97 Å². The lowest BCUT2D eigenvalue weighted by atomic mass is 10.0. The summed E-state index contributed by atoms with van der Waals surface area (Å²) in [7, 11) is 0. The van der Waals surface area contributed by atoms with Gasteiger partial charge in [0.1, 0.15) is 0 Å². The van der Waals surface area contributed by atoms with Gasteiger partial charge in [-0.2, -0.15) is 0 Å². The fourth-order valence-corrected chi connectivity index (χ4v) is 1.46. The third-order valence-corrected chi connectivity index (χ3v) is 2.21. The molecule has 0 aliphatic rings. The van der Waals surface area contributed by atoms with Crippen molar-refractivity contribution in [3.05, 3.63) is 48.0 Å². The van der Waals surface area contributed by atoms with Gasteiger partial charge in [0.15, 0.2) is 0 Å². The van der Waals surface area contributed by atoms with E-state index < -0.39 is 0 Å². The number of rotatable bonds is 1. The minimum Gasteiger partial charge on any atom is -0.265 e. The van der Waals surface area contributed by atoms with E-state index in [0.29, 0.717) is 0 Å². The third kappa shape index (κ3) is 1.64. The van der Waals surface area contributed by atoms with Crippen molar-refractivity contribution in [2.24, 2.45) is 0 Å². The Labute approximate surface area is 83.7 Å². The average Bonchev–Trinajstić information content (AvgIpc) is 2.23. The molecule has 0 saturated carbocycles. The lowest BCUT2D eigenvalue weighted by Gasteiger charge is -2.05. The number of pyridine rings is 2. The molecule has 0 unspecified atom stereocenters. The van der Waals surface area contributed by atoms with Crippen molar-refractivity contribution in [3.63, 3.8) is 0 Å². The van der Waals surface area contributed by atoms with Crippen LogP contribution in [0.15, 0.2) is 36.8 Å². The molecule has 0 aliphatic heterocycles. The van der Waals surface area contributed by atoms with Crippen LogP contribution in [0.1, 0.15) is 11.3 Å². The molecule has 2 nitrogen and oxygen atoms in total. The van der Waals surface area contributed by atoms with Crippen LogP contribution in [0, 0.1) is 13.8 Å². The maximum atomic E-state index is 4.33. The maximum absolute atomic E-state index is 4.33. The molecule has 14 heavy (non-hydrogen) atoms. The quantitative estimate of drug-likeness (QED) is 0.681. The average molecular weight is 184 g/mol. The second kappa shape index (κ2) is 3.58. The number of hydrogen-bond acceptors (Lipinski definition) is 2. The topological polar surface area (TPSA) is 25.8 Å². The summed E-state index contributed by atoms with van der Waals surface area (Å²) in [6.07, 6.45) is 5.49. The zero-order chi connectivity index (χ0) is 9.97.